The van der Waals surface area contributed by atoms with E-state index in [0.717, 1.165) is 32.8 Å². The average molecular weight is 477 g/mol. The van der Waals surface area contributed by atoms with Crippen LogP contribution in [0.4, 0.5) is 5.69 Å². The maximum atomic E-state index is 6.22. The van der Waals surface area contributed by atoms with E-state index in [2.05, 4.69) is 81.4 Å². The summed E-state index contributed by atoms with van der Waals surface area (Å²) in [5.74, 6) is 0. The molecule has 0 unspecified atom stereocenters. The van der Waals surface area contributed by atoms with Crippen molar-refractivity contribution >= 4 is 40.8 Å². The Hall–Kier alpha value is -2.39. The molecule has 4 aromatic rings. The Morgan fingerprint density at radius 2 is 1.12 bits per heavy atom. The molecule has 0 saturated heterocycles. The Labute approximate surface area is 204 Å². The van der Waals surface area contributed by atoms with Crippen LogP contribution in [0.3, 0.4) is 0 Å². The SMILES string of the molecule is CC(C)(C)c1cc(-c2ccccc2)c([N]Sc2cc(Cl)cc(Cl)c2)c(-c2ccccc2)c1. The fourth-order valence-electron chi connectivity index (χ4n) is 3.52. The van der Waals surface area contributed by atoms with Crippen molar-refractivity contribution in [1.82, 2.24) is 4.72 Å². The monoisotopic (exact) mass is 476 g/mol. The summed E-state index contributed by atoms with van der Waals surface area (Å²) in [6.07, 6.45) is 0. The minimum absolute atomic E-state index is 0.000780. The van der Waals surface area contributed by atoms with E-state index < -0.39 is 0 Å². The van der Waals surface area contributed by atoms with E-state index in [-0.39, 0.29) is 5.41 Å². The second-order valence-corrected chi connectivity index (χ2v) is 10.4. The Kier molecular flexibility index (Phi) is 6.85. The largest absolute Gasteiger partial charge is 0.210 e. The molecule has 0 amide bonds. The van der Waals surface area contributed by atoms with Crippen LogP contribution in [0.2, 0.25) is 10.0 Å². The first-order chi connectivity index (χ1) is 15.3. The van der Waals surface area contributed by atoms with Gasteiger partial charge in [0.2, 0.25) is 0 Å². The van der Waals surface area contributed by atoms with Crippen LogP contribution in [0.5, 0.6) is 0 Å². The molecule has 0 aliphatic carbocycles. The van der Waals surface area contributed by atoms with Crippen molar-refractivity contribution in [2.75, 3.05) is 0 Å². The van der Waals surface area contributed by atoms with E-state index in [1.807, 2.05) is 24.3 Å². The smallest absolute Gasteiger partial charge is 0.0874 e. The second kappa shape index (κ2) is 9.62. The van der Waals surface area contributed by atoms with Crippen molar-refractivity contribution in [3.8, 4) is 22.3 Å². The lowest BCUT2D eigenvalue weighted by atomic mass is 9.82. The van der Waals surface area contributed by atoms with Crippen LogP contribution in [0.1, 0.15) is 26.3 Å². The van der Waals surface area contributed by atoms with Crippen LogP contribution in [0.15, 0.2) is 95.9 Å². The maximum Gasteiger partial charge on any atom is 0.0874 e. The molecule has 4 heteroatoms. The summed E-state index contributed by atoms with van der Waals surface area (Å²) in [5.41, 5.74) is 6.70. The molecule has 0 aliphatic heterocycles. The van der Waals surface area contributed by atoms with E-state index in [4.69, 9.17) is 27.9 Å². The molecule has 0 saturated carbocycles. The summed E-state index contributed by atoms with van der Waals surface area (Å²) in [4.78, 5) is 0.903. The first-order valence-electron chi connectivity index (χ1n) is 10.4. The van der Waals surface area contributed by atoms with Gasteiger partial charge in [0, 0.05) is 38.0 Å². The van der Waals surface area contributed by atoms with Gasteiger partial charge in [-0.2, -0.15) is 0 Å². The Morgan fingerprint density at radius 3 is 1.56 bits per heavy atom. The predicted octanol–water partition coefficient (Wildman–Crippen LogP) is 9.57. The Balaban J connectivity index is 1.90. The lowest BCUT2D eigenvalue weighted by Crippen LogP contribution is -2.12. The number of rotatable bonds is 5. The number of benzene rings is 4. The van der Waals surface area contributed by atoms with Crippen LogP contribution >= 0.6 is 35.1 Å². The summed E-state index contributed by atoms with van der Waals surface area (Å²) >= 11 is 13.8. The normalized spacial score (nSPS) is 11.4. The number of halogens is 2. The summed E-state index contributed by atoms with van der Waals surface area (Å²) in [6.45, 7) is 6.72. The molecule has 4 aromatic carbocycles. The third-order valence-electron chi connectivity index (χ3n) is 5.22. The Bertz CT molecular complexity index is 1130. The van der Waals surface area contributed by atoms with Gasteiger partial charge in [-0.3, -0.25) is 0 Å². The quantitative estimate of drug-likeness (QED) is 0.261. The fourth-order valence-corrected chi connectivity index (χ4v) is 4.93. The molecule has 1 radical (unpaired) electrons. The predicted molar refractivity (Wildman–Crippen MR) is 140 cm³/mol. The van der Waals surface area contributed by atoms with Gasteiger partial charge in [-0.05, 0) is 52.4 Å². The van der Waals surface area contributed by atoms with Crippen molar-refractivity contribution in [2.24, 2.45) is 0 Å². The zero-order valence-corrected chi connectivity index (χ0v) is 20.6. The van der Waals surface area contributed by atoms with Crippen LogP contribution in [-0.2, 0) is 5.41 Å². The van der Waals surface area contributed by atoms with Gasteiger partial charge in [-0.15, -0.1) is 0 Å². The second-order valence-electron chi connectivity index (χ2n) is 8.69. The van der Waals surface area contributed by atoms with Crippen molar-refractivity contribution in [3.63, 3.8) is 0 Å². The van der Waals surface area contributed by atoms with Crippen LogP contribution < -0.4 is 4.72 Å². The van der Waals surface area contributed by atoms with Gasteiger partial charge in [-0.1, -0.05) is 105 Å². The molecule has 161 valence electrons. The van der Waals surface area contributed by atoms with Crippen molar-refractivity contribution in [2.45, 2.75) is 31.1 Å². The molecule has 32 heavy (non-hydrogen) atoms. The van der Waals surface area contributed by atoms with Gasteiger partial charge in [0.1, 0.15) is 0 Å². The molecule has 0 atom stereocenters. The van der Waals surface area contributed by atoms with Gasteiger partial charge in [0.05, 0.1) is 5.69 Å². The first kappa shape index (κ1) is 22.8. The number of nitrogens with zero attached hydrogens (tertiary/aromatic N) is 1. The van der Waals surface area contributed by atoms with Gasteiger partial charge >= 0.3 is 0 Å². The molecule has 0 fully saturated rings. The van der Waals surface area contributed by atoms with Gasteiger partial charge < -0.3 is 0 Å². The first-order valence-corrected chi connectivity index (χ1v) is 12.0. The molecule has 0 bridgehead atoms. The summed E-state index contributed by atoms with van der Waals surface area (Å²) in [5, 5.41) is 1.20. The topological polar surface area (TPSA) is 14.1 Å². The van der Waals surface area contributed by atoms with Gasteiger partial charge in [-0.25, -0.2) is 4.72 Å². The summed E-state index contributed by atoms with van der Waals surface area (Å²) in [6, 6.07) is 30.9. The molecule has 0 spiro atoms. The maximum absolute atomic E-state index is 6.22. The van der Waals surface area contributed by atoms with Crippen molar-refractivity contribution < 1.29 is 0 Å². The fraction of sp³-hybridized carbons (Fsp3) is 0.143. The van der Waals surface area contributed by atoms with E-state index in [1.54, 1.807) is 6.07 Å². The zero-order chi connectivity index (χ0) is 22.7. The summed E-state index contributed by atoms with van der Waals surface area (Å²) < 4.78 is 5.03. The lowest BCUT2D eigenvalue weighted by molar-refractivity contribution is 0.591. The van der Waals surface area contributed by atoms with E-state index in [9.17, 15) is 0 Å². The molecule has 0 aliphatic rings. The molecule has 0 aromatic heterocycles. The zero-order valence-electron chi connectivity index (χ0n) is 18.3. The van der Waals surface area contributed by atoms with Crippen molar-refractivity contribution in [1.29, 1.82) is 0 Å². The minimum Gasteiger partial charge on any atom is -0.210 e. The molecule has 1 nitrogen and oxygen atoms in total. The van der Waals surface area contributed by atoms with E-state index in [1.165, 1.54) is 17.5 Å². The molecule has 0 N–H and O–H groups in total. The minimum atomic E-state index is -0.000780. The third kappa shape index (κ3) is 5.32. The third-order valence-corrected chi connectivity index (χ3v) is 6.38. The Morgan fingerprint density at radius 1 is 0.656 bits per heavy atom. The molecular formula is C28H24Cl2NS. The summed E-state index contributed by atoms with van der Waals surface area (Å²) in [7, 11) is 0. The molecule has 0 heterocycles. The van der Waals surface area contributed by atoms with Gasteiger partial charge in [0.15, 0.2) is 0 Å². The highest BCUT2D eigenvalue weighted by Crippen LogP contribution is 2.43. The molecule has 4 rings (SSSR count). The highest BCUT2D eigenvalue weighted by atomic mass is 35.5. The van der Waals surface area contributed by atoms with Crippen LogP contribution in [0, 0.1) is 0 Å². The van der Waals surface area contributed by atoms with Crippen molar-refractivity contribution in [3.05, 3.63) is 107 Å². The lowest BCUT2D eigenvalue weighted by Gasteiger charge is -2.24. The highest BCUT2D eigenvalue weighted by molar-refractivity contribution is 7.97. The van der Waals surface area contributed by atoms with Crippen LogP contribution in [0.25, 0.3) is 22.3 Å². The van der Waals surface area contributed by atoms with Gasteiger partial charge in [0.25, 0.3) is 0 Å². The standard InChI is InChI=1S/C28H24Cl2NS/c1-28(2,3)21-14-25(19-10-6-4-7-11-19)27(26(15-21)20-12-8-5-9-13-20)31-32-24-17-22(29)16-23(30)18-24/h4-18H,1-3H3. The average Bonchev–Trinajstić information content (AvgIpc) is 2.77. The number of hydrogen-bond acceptors (Lipinski definition) is 1. The van der Waals surface area contributed by atoms with E-state index >= 15 is 0 Å². The number of hydrogen-bond donors (Lipinski definition) is 0. The van der Waals surface area contributed by atoms with Crippen LogP contribution in [-0.4, -0.2) is 0 Å². The highest BCUT2D eigenvalue weighted by Gasteiger charge is 2.21. The van der Waals surface area contributed by atoms with E-state index in [0.29, 0.717) is 10.0 Å². The molecular weight excluding hydrogens is 453 g/mol.